The van der Waals surface area contributed by atoms with Crippen LogP contribution in [0.2, 0.25) is 0 Å². The molecule has 0 saturated heterocycles. The highest BCUT2D eigenvalue weighted by Crippen LogP contribution is 2.17. The van der Waals surface area contributed by atoms with E-state index in [9.17, 15) is 9.90 Å². The SMILES string of the molecule is CC(C)OC(=O)COc1ccc(C(C)O)cc1. The van der Waals surface area contributed by atoms with E-state index in [2.05, 4.69) is 0 Å². The van der Waals surface area contributed by atoms with Gasteiger partial charge in [0.25, 0.3) is 0 Å². The van der Waals surface area contributed by atoms with E-state index in [0.29, 0.717) is 5.75 Å². The lowest BCUT2D eigenvalue weighted by molar-refractivity contribution is -0.149. The van der Waals surface area contributed by atoms with Gasteiger partial charge in [-0.25, -0.2) is 4.79 Å². The van der Waals surface area contributed by atoms with Crippen molar-refractivity contribution >= 4 is 5.97 Å². The Balaban J connectivity index is 2.44. The molecule has 1 aromatic rings. The smallest absolute Gasteiger partial charge is 0.344 e. The van der Waals surface area contributed by atoms with Gasteiger partial charge in [0.05, 0.1) is 12.2 Å². The lowest BCUT2D eigenvalue weighted by Gasteiger charge is -2.10. The lowest BCUT2D eigenvalue weighted by Crippen LogP contribution is -2.18. The molecule has 94 valence electrons. The molecule has 0 aliphatic carbocycles. The predicted molar refractivity (Wildman–Crippen MR) is 63.8 cm³/mol. The number of rotatable bonds is 5. The first kappa shape index (κ1) is 13.5. The molecule has 0 radical (unpaired) electrons. The first-order valence-electron chi connectivity index (χ1n) is 5.59. The summed E-state index contributed by atoms with van der Waals surface area (Å²) in [6.45, 7) is 5.16. The number of ether oxygens (including phenoxy) is 2. The van der Waals surface area contributed by atoms with E-state index in [-0.39, 0.29) is 18.7 Å². The summed E-state index contributed by atoms with van der Waals surface area (Å²) in [6.07, 6.45) is -0.640. The summed E-state index contributed by atoms with van der Waals surface area (Å²) in [7, 11) is 0. The molecule has 1 N–H and O–H groups in total. The third kappa shape index (κ3) is 4.87. The summed E-state index contributed by atoms with van der Waals surface area (Å²) in [5.74, 6) is 0.190. The van der Waals surface area contributed by atoms with E-state index < -0.39 is 6.10 Å². The van der Waals surface area contributed by atoms with Crippen molar-refractivity contribution in [3.05, 3.63) is 29.8 Å². The molecule has 0 amide bonds. The van der Waals surface area contributed by atoms with Crippen LogP contribution in [0.15, 0.2) is 24.3 Å². The normalized spacial score (nSPS) is 12.3. The number of aliphatic hydroxyl groups is 1. The number of benzene rings is 1. The summed E-state index contributed by atoms with van der Waals surface area (Å²) in [5.41, 5.74) is 0.808. The van der Waals surface area contributed by atoms with Crippen LogP contribution in [-0.4, -0.2) is 23.8 Å². The van der Waals surface area contributed by atoms with Crippen molar-refractivity contribution in [2.45, 2.75) is 33.0 Å². The Bertz CT molecular complexity index is 354. The van der Waals surface area contributed by atoms with Crippen LogP contribution in [0.5, 0.6) is 5.75 Å². The second-order valence-corrected chi connectivity index (χ2v) is 4.07. The van der Waals surface area contributed by atoms with Crippen molar-refractivity contribution < 1.29 is 19.4 Å². The van der Waals surface area contributed by atoms with Crippen molar-refractivity contribution in [2.24, 2.45) is 0 Å². The molecule has 4 heteroatoms. The second-order valence-electron chi connectivity index (χ2n) is 4.07. The zero-order valence-electron chi connectivity index (χ0n) is 10.3. The van der Waals surface area contributed by atoms with Gasteiger partial charge in [-0.2, -0.15) is 0 Å². The van der Waals surface area contributed by atoms with Gasteiger partial charge in [0.1, 0.15) is 5.75 Å². The monoisotopic (exact) mass is 238 g/mol. The van der Waals surface area contributed by atoms with E-state index >= 15 is 0 Å². The van der Waals surface area contributed by atoms with Gasteiger partial charge >= 0.3 is 5.97 Å². The molecule has 0 aliphatic rings. The summed E-state index contributed by atoms with van der Waals surface area (Å²) < 4.78 is 10.2. The van der Waals surface area contributed by atoms with Crippen LogP contribution < -0.4 is 4.74 Å². The zero-order chi connectivity index (χ0) is 12.8. The van der Waals surface area contributed by atoms with Crippen LogP contribution in [0.25, 0.3) is 0 Å². The Morgan fingerprint density at radius 1 is 1.24 bits per heavy atom. The zero-order valence-corrected chi connectivity index (χ0v) is 10.3. The fourth-order valence-electron chi connectivity index (χ4n) is 1.28. The maximum absolute atomic E-state index is 11.2. The van der Waals surface area contributed by atoms with Crippen LogP contribution in [0.4, 0.5) is 0 Å². The van der Waals surface area contributed by atoms with Crippen LogP contribution in [0.3, 0.4) is 0 Å². The average molecular weight is 238 g/mol. The minimum atomic E-state index is -0.505. The third-order valence-corrected chi connectivity index (χ3v) is 2.09. The molecule has 4 nitrogen and oxygen atoms in total. The van der Waals surface area contributed by atoms with E-state index in [4.69, 9.17) is 9.47 Å². The highest BCUT2D eigenvalue weighted by atomic mass is 16.6. The fourth-order valence-corrected chi connectivity index (χ4v) is 1.28. The summed E-state index contributed by atoms with van der Waals surface area (Å²) in [5, 5.41) is 9.32. The number of carbonyl (C=O) groups excluding carboxylic acids is 1. The van der Waals surface area contributed by atoms with Gasteiger partial charge in [-0.1, -0.05) is 12.1 Å². The predicted octanol–water partition coefficient (Wildman–Crippen LogP) is 2.07. The molecule has 1 atom stereocenters. The average Bonchev–Trinajstić information content (AvgIpc) is 2.26. The van der Waals surface area contributed by atoms with Gasteiger partial charge in [0.15, 0.2) is 6.61 Å². The van der Waals surface area contributed by atoms with Gasteiger partial charge < -0.3 is 14.6 Å². The minimum absolute atomic E-state index is 0.105. The molecule has 1 rings (SSSR count). The quantitative estimate of drug-likeness (QED) is 0.798. The van der Waals surface area contributed by atoms with E-state index in [1.807, 2.05) is 0 Å². The maximum atomic E-state index is 11.2. The highest BCUT2D eigenvalue weighted by molar-refractivity contribution is 5.71. The Morgan fingerprint density at radius 3 is 2.29 bits per heavy atom. The maximum Gasteiger partial charge on any atom is 0.344 e. The molecule has 0 fully saturated rings. The third-order valence-electron chi connectivity index (χ3n) is 2.09. The molecule has 0 spiro atoms. The highest BCUT2D eigenvalue weighted by Gasteiger charge is 2.06. The minimum Gasteiger partial charge on any atom is -0.482 e. The largest absolute Gasteiger partial charge is 0.482 e. The molecule has 0 aliphatic heterocycles. The van der Waals surface area contributed by atoms with E-state index in [0.717, 1.165) is 5.56 Å². The molecule has 1 aromatic carbocycles. The van der Waals surface area contributed by atoms with Gasteiger partial charge in [-0.05, 0) is 38.5 Å². The Morgan fingerprint density at radius 2 is 1.82 bits per heavy atom. The summed E-state index contributed by atoms with van der Waals surface area (Å²) in [4.78, 5) is 11.2. The topological polar surface area (TPSA) is 55.8 Å². The number of hydrogen-bond acceptors (Lipinski definition) is 4. The molecule has 17 heavy (non-hydrogen) atoms. The molecule has 1 unspecified atom stereocenters. The Labute approximate surface area is 101 Å². The fraction of sp³-hybridized carbons (Fsp3) is 0.462. The summed E-state index contributed by atoms with van der Waals surface area (Å²) in [6, 6.07) is 6.94. The van der Waals surface area contributed by atoms with E-state index in [1.54, 1.807) is 45.0 Å². The standard InChI is InChI=1S/C13H18O4/c1-9(2)17-13(15)8-16-12-6-4-11(5-7-12)10(3)14/h4-7,9-10,14H,8H2,1-3H3. The number of carbonyl (C=O) groups is 1. The van der Waals surface area contributed by atoms with Crippen LogP contribution >= 0.6 is 0 Å². The molecule has 0 aromatic heterocycles. The first-order chi connectivity index (χ1) is 7.99. The van der Waals surface area contributed by atoms with Crippen molar-refractivity contribution in [2.75, 3.05) is 6.61 Å². The van der Waals surface area contributed by atoms with Gasteiger partial charge in [0.2, 0.25) is 0 Å². The van der Waals surface area contributed by atoms with Gasteiger partial charge in [0, 0.05) is 0 Å². The van der Waals surface area contributed by atoms with Crippen molar-refractivity contribution in [3.63, 3.8) is 0 Å². The van der Waals surface area contributed by atoms with Gasteiger partial charge in [-0.3, -0.25) is 0 Å². The second kappa shape index (κ2) is 6.25. The first-order valence-corrected chi connectivity index (χ1v) is 5.59. The molecule has 0 heterocycles. The number of esters is 1. The van der Waals surface area contributed by atoms with E-state index in [1.165, 1.54) is 0 Å². The summed E-state index contributed by atoms with van der Waals surface area (Å²) >= 11 is 0. The Kier molecular flexibility index (Phi) is 4.97. The number of hydrogen-bond donors (Lipinski definition) is 1. The van der Waals surface area contributed by atoms with Gasteiger partial charge in [-0.15, -0.1) is 0 Å². The molecule has 0 saturated carbocycles. The molecule has 0 bridgehead atoms. The lowest BCUT2D eigenvalue weighted by atomic mass is 10.1. The van der Waals surface area contributed by atoms with Crippen LogP contribution in [-0.2, 0) is 9.53 Å². The Hall–Kier alpha value is -1.55. The van der Waals surface area contributed by atoms with Crippen molar-refractivity contribution in [1.82, 2.24) is 0 Å². The van der Waals surface area contributed by atoms with Crippen molar-refractivity contribution in [1.29, 1.82) is 0 Å². The van der Waals surface area contributed by atoms with Crippen molar-refractivity contribution in [3.8, 4) is 5.75 Å². The van der Waals surface area contributed by atoms with Crippen LogP contribution in [0, 0.1) is 0 Å². The van der Waals surface area contributed by atoms with Crippen LogP contribution in [0.1, 0.15) is 32.4 Å². The molecular weight excluding hydrogens is 220 g/mol. The number of aliphatic hydroxyl groups excluding tert-OH is 1. The molecular formula is C13H18O4.